The normalized spacial score (nSPS) is 11.3. The predicted octanol–water partition coefficient (Wildman–Crippen LogP) is 5.15. The summed E-state index contributed by atoms with van der Waals surface area (Å²) in [7, 11) is 0. The number of pyridine rings is 1. The molecule has 0 atom stereocenters. The number of aromatic amines is 1. The summed E-state index contributed by atoms with van der Waals surface area (Å²) in [4.78, 5) is 4.24. The number of anilines is 2. The Morgan fingerprint density at radius 3 is 2.50 bits per heavy atom. The fourth-order valence-electron chi connectivity index (χ4n) is 2.67. The second-order valence-corrected chi connectivity index (χ2v) is 5.74. The van der Waals surface area contributed by atoms with Gasteiger partial charge in [0.15, 0.2) is 0 Å². The van der Waals surface area contributed by atoms with Crippen LogP contribution < -0.4 is 5.32 Å². The standard InChI is InChI=1S/C20H14F2N4/c21-13-9-14(22)11-17(10-13)24-16-5-7-20-18(12-16)19(25-26-20)6-4-15-3-1-2-8-23-15/h1-12,24H,(H,25,26). The summed E-state index contributed by atoms with van der Waals surface area (Å²) in [5.41, 5.74) is 3.49. The van der Waals surface area contributed by atoms with E-state index in [2.05, 4.69) is 20.5 Å². The summed E-state index contributed by atoms with van der Waals surface area (Å²) in [5.74, 6) is -1.26. The number of hydrogen-bond donors (Lipinski definition) is 2. The van der Waals surface area contributed by atoms with Gasteiger partial charge in [-0.05, 0) is 54.6 Å². The third-order valence-electron chi connectivity index (χ3n) is 3.84. The topological polar surface area (TPSA) is 53.6 Å². The smallest absolute Gasteiger partial charge is 0.128 e. The van der Waals surface area contributed by atoms with Crippen LogP contribution in [0.15, 0.2) is 60.8 Å². The lowest BCUT2D eigenvalue weighted by Gasteiger charge is -2.07. The molecule has 4 rings (SSSR count). The van der Waals surface area contributed by atoms with Gasteiger partial charge in [0.25, 0.3) is 0 Å². The molecule has 0 saturated heterocycles. The molecule has 0 aliphatic rings. The van der Waals surface area contributed by atoms with Gasteiger partial charge in [-0.15, -0.1) is 0 Å². The van der Waals surface area contributed by atoms with Crippen molar-refractivity contribution in [3.8, 4) is 0 Å². The third-order valence-corrected chi connectivity index (χ3v) is 3.84. The molecule has 0 aliphatic carbocycles. The van der Waals surface area contributed by atoms with E-state index in [-0.39, 0.29) is 0 Å². The van der Waals surface area contributed by atoms with E-state index in [4.69, 9.17) is 0 Å². The number of benzene rings is 2. The Morgan fingerprint density at radius 1 is 0.885 bits per heavy atom. The zero-order valence-corrected chi connectivity index (χ0v) is 13.6. The minimum absolute atomic E-state index is 0.343. The zero-order valence-electron chi connectivity index (χ0n) is 13.6. The Kier molecular flexibility index (Phi) is 4.15. The van der Waals surface area contributed by atoms with Crippen LogP contribution in [0.1, 0.15) is 11.4 Å². The summed E-state index contributed by atoms with van der Waals surface area (Å²) in [6, 6.07) is 14.5. The maximum Gasteiger partial charge on any atom is 0.128 e. The van der Waals surface area contributed by atoms with Crippen LogP contribution in [0.5, 0.6) is 0 Å². The molecule has 0 amide bonds. The van der Waals surface area contributed by atoms with E-state index in [0.717, 1.165) is 28.4 Å². The number of aromatic nitrogens is 3. The Labute approximate surface area is 148 Å². The minimum atomic E-state index is -0.629. The fourth-order valence-corrected chi connectivity index (χ4v) is 2.67. The molecular weight excluding hydrogens is 334 g/mol. The number of fused-ring (bicyclic) bond motifs is 1. The van der Waals surface area contributed by atoms with Crippen LogP contribution >= 0.6 is 0 Å². The SMILES string of the molecule is Fc1cc(F)cc(Nc2ccc3[nH]nc(C=Cc4ccccn4)c3c2)c1. The van der Waals surface area contributed by atoms with Crippen molar-refractivity contribution in [3.05, 3.63) is 83.8 Å². The van der Waals surface area contributed by atoms with Crippen LogP contribution in [-0.2, 0) is 0 Å². The van der Waals surface area contributed by atoms with Crippen LogP contribution in [0, 0.1) is 11.6 Å². The maximum absolute atomic E-state index is 13.3. The van der Waals surface area contributed by atoms with Crippen molar-refractivity contribution in [1.82, 2.24) is 15.2 Å². The molecule has 0 bridgehead atoms. The van der Waals surface area contributed by atoms with Gasteiger partial charge in [-0.2, -0.15) is 5.10 Å². The van der Waals surface area contributed by atoms with Gasteiger partial charge in [-0.1, -0.05) is 6.07 Å². The molecule has 0 aliphatic heterocycles. The fraction of sp³-hybridized carbons (Fsp3) is 0. The van der Waals surface area contributed by atoms with Gasteiger partial charge in [-0.25, -0.2) is 8.78 Å². The molecule has 4 nitrogen and oxygen atoms in total. The molecule has 6 heteroatoms. The highest BCUT2D eigenvalue weighted by atomic mass is 19.1. The number of hydrogen-bond acceptors (Lipinski definition) is 3. The Balaban J connectivity index is 1.65. The molecule has 26 heavy (non-hydrogen) atoms. The summed E-state index contributed by atoms with van der Waals surface area (Å²) >= 11 is 0. The zero-order chi connectivity index (χ0) is 17.9. The van der Waals surface area contributed by atoms with Crippen LogP contribution in [0.4, 0.5) is 20.2 Å². The van der Waals surface area contributed by atoms with E-state index in [1.54, 1.807) is 6.20 Å². The highest BCUT2D eigenvalue weighted by molar-refractivity contribution is 5.91. The monoisotopic (exact) mass is 348 g/mol. The molecule has 2 heterocycles. The van der Waals surface area contributed by atoms with Gasteiger partial charge in [-0.3, -0.25) is 10.1 Å². The van der Waals surface area contributed by atoms with Crippen molar-refractivity contribution in [3.63, 3.8) is 0 Å². The summed E-state index contributed by atoms with van der Waals surface area (Å²) in [5, 5.41) is 11.2. The number of rotatable bonds is 4. The largest absolute Gasteiger partial charge is 0.355 e. The number of H-pyrrole nitrogens is 1. The van der Waals surface area contributed by atoms with Crippen molar-refractivity contribution >= 4 is 34.4 Å². The lowest BCUT2D eigenvalue weighted by molar-refractivity contribution is 0.584. The van der Waals surface area contributed by atoms with Crippen molar-refractivity contribution in [2.45, 2.75) is 0 Å². The van der Waals surface area contributed by atoms with Crippen LogP contribution in [0.3, 0.4) is 0 Å². The highest BCUT2D eigenvalue weighted by Gasteiger charge is 2.06. The van der Waals surface area contributed by atoms with E-state index >= 15 is 0 Å². The molecule has 128 valence electrons. The van der Waals surface area contributed by atoms with Gasteiger partial charge in [0.2, 0.25) is 0 Å². The first-order valence-electron chi connectivity index (χ1n) is 7.98. The van der Waals surface area contributed by atoms with E-state index in [1.807, 2.05) is 48.6 Å². The molecule has 0 saturated carbocycles. The summed E-state index contributed by atoms with van der Waals surface area (Å²) in [6.45, 7) is 0. The van der Waals surface area contributed by atoms with E-state index in [0.29, 0.717) is 11.4 Å². The van der Waals surface area contributed by atoms with E-state index in [9.17, 15) is 8.78 Å². The predicted molar refractivity (Wildman–Crippen MR) is 98.9 cm³/mol. The maximum atomic E-state index is 13.3. The van der Waals surface area contributed by atoms with Gasteiger partial charge in [0.05, 0.1) is 16.9 Å². The molecule has 2 aromatic carbocycles. The van der Waals surface area contributed by atoms with Crippen molar-refractivity contribution < 1.29 is 8.78 Å². The van der Waals surface area contributed by atoms with E-state index < -0.39 is 11.6 Å². The molecule has 0 spiro atoms. The third kappa shape index (κ3) is 3.44. The first-order chi connectivity index (χ1) is 12.7. The first-order valence-corrected chi connectivity index (χ1v) is 7.98. The second-order valence-electron chi connectivity index (χ2n) is 5.74. The summed E-state index contributed by atoms with van der Waals surface area (Å²) < 4.78 is 26.7. The molecule has 0 fully saturated rings. The number of halogens is 2. The average molecular weight is 348 g/mol. The van der Waals surface area contributed by atoms with Gasteiger partial charge < -0.3 is 5.32 Å². The first kappa shape index (κ1) is 16.0. The molecule has 0 unspecified atom stereocenters. The van der Waals surface area contributed by atoms with Crippen molar-refractivity contribution in [2.75, 3.05) is 5.32 Å². The number of nitrogens with one attached hydrogen (secondary N) is 2. The van der Waals surface area contributed by atoms with Crippen molar-refractivity contribution in [1.29, 1.82) is 0 Å². The highest BCUT2D eigenvalue weighted by Crippen LogP contribution is 2.25. The lowest BCUT2D eigenvalue weighted by Crippen LogP contribution is -1.92. The Hall–Kier alpha value is -3.54. The van der Waals surface area contributed by atoms with Crippen LogP contribution in [0.2, 0.25) is 0 Å². The van der Waals surface area contributed by atoms with Crippen LogP contribution in [0.25, 0.3) is 23.1 Å². The molecule has 0 radical (unpaired) electrons. The Bertz CT molecular complexity index is 1070. The second kappa shape index (κ2) is 6.76. The Morgan fingerprint density at radius 2 is 1.73 bits per heavy atom. The van der Waals surface area contributed by atoms with Crippen LogP contribution in [-0.4, -0.2) is 15.2 Å². The van der Waals surface area contributed by atoms with E-state index in [1.165, 1.54) is 12.1 Å². The minimum Gasteiger partial charge on any atom is -0.355 e. The molecule has 2 N–H and O–H groups in total. The quantitative estimate of drug-likeness (QED) is 0.536. The van der Waals surface area contributed by atoms with Gasteiger partial charge in [0, 0.05) is 29.0 Å². The summed E-state index contributed by atoms with van der Waals surface area (Å²) in [6.07, 6.45) is 5.47. The average Bonchev–Trinajstić information content (AvgIpc) is 3.02. The molecule has 4 aromatic rings. The molecule has 2 aromatic heterocycles. The van der Waals surface area contributed by atoms with Crippen molar-refractivity contribution in [2.24, 2.45) is 0 Å². The molecular formula is C20H14F2N4. The lowest BCUT2D eigenvalue weighted by atomic mass is 10.1. The van der Waals surface area contributed by atoms with Gasteiger partial charge >= 0.3 is 0 Å². The number of nitrogens with zero attached hydrogens (tertiary/aromatic N) is 2. The van der Waals surface area contributed by atoms with Gasteiger partial charge in [0.1, 0.15) is 11.6 Å².